The molecule has 1 amide bonds. The molecule has 0 aliphatic carbocycles. The number of hydrogen-bond acceptors (Lipinski definition) is 3. The van der Waals surface area contributed by atoms with Crippen LogP contribution in [0.25, 0.3) is 0 Å². The zero-order chi connectivity index (χ0) is 11.7. The van der Waals surface area contributed by atoms with E-state index in [9.17, 15) is 9.90 Å². The van der Waals surface area contributed by atoms with Gasteiger partial charge in [0.2, 0.25) is 5.91 Å². The van der Waals surface area contributed by atoms with Crippen LogP contribution in [-0.2, 0) is 4.79 Å². The fraction of sp³-hybridized carbons (Fsp3) is 0.273. The molecule has 1 aliphatic rings. The second kappa shape index (κ2) is 4.24. The standard InChI is InChI=1S/C11H9BrN2O2/c12-8-2-1-7(5-13)10(3-8)14-6-9(15)4-11(14)16/h1-3,9,15H,4,6H2. The minimum atomic E-state index is -0.641. The first kappa shape index (κ1) is 11.1. The molecule has 1 fully saturated rings. The number of hydrogen-bond donors (Lipinski definition) is 1. The van der Waals surface area contributed by atoms with Crippen molar-refractivity contribution < 1.29 is 9.90 Å². The summed E-state index contributed by atoms with van der Waals surface area (Å²) < 4.78 is 0.802. The van der Waals surface area contributed by atoms with E-state index in [4.69, 9.17) is 5.26 Å². The maximum Gasteiger partial charge on any atom is 0.229 e. The topological polar surface area (TPSA) is 64.3 Å². The van der Waals surface area contributed by atoms with Crippen molar-refractivity contribution in [3.8, 4) is 6.07 Å². The van der Waals surface area contributed by atoms with Crippen LogP contribution in [0.15, 0.2) is 22.7 Å². The van der Waals surface area contributed by atoms with E-state index < -0.39 is 6.10 Å². The Bertz CT molecular complexity index is 481. The Morgan fingerprint density at radius 2 is 2.31 bits per heavy atom. The van der Waals surface area contributed by atoms with Gasteiger partial charge in [-0.25, -0.2) is 0 Å². The van der Waals surface area contributed by atoms with Crippen LogP contribution in [0, 0.1) is 11.3 Å². The van der Waals surface area contributed by atoms with Gasteiger partial charge in [-0.15, -0.1) is 0 Å². The fourth-order valence-electron chi connectivity index (χ4n) is 1.74. The number of aliphatic hydroxyl groups is 1. The predicted molar refractivity (Wildman–Crippen MR) is 61.8 cm³/mol. The molecule has 1 saturated heterocycles. The highest BCUT2D eigenvalue weighted by Gasteiger charge is 2.30. The Kier molecular flexibility index (Phi) is 2.95. The molecule has 1 heterocycles. The first-order valence-corrected chi connectivity index (χ1v) is 5.59. The van der Waals surface area contributed by atoms with Gasteiger partial charge >= 0.3 is 0 Å². The molecule has 1 aromatic carbocycles. The van der Waals surface area contributed by atoms with Gasteiger partial charge in [-0.05, 0) is 18.2 Å². The Morgan fingerprint density at radius 3 is 2.88 bits per heavy atom. The molecule has 1 N–H and O–H groups in total. The lowest BCUT2D eigenvalue weighted by Crippen LogP contribution is -2.26. The van der Waals surface area contributed by atoms with Crippen LogP contribution in [-0.4, -0.2) is 23.7 Å². The van der Waals surface area contributed by atoms with E-state index in [1.54, 1.807) is 18.2 Å². The van der Waals surface area contributed by atoms with Crippen LogP contribution in [0.5, 0.6) is 0 Å². The van der Waals surface area contributed by atoms with Crippen molar-refractivity contribution in [3.05, 3.63) is 28.2 Å². The largest absolute Gasteiger partial charge is 0.391 e. The number of halogens is 1. The SMILES string of the molecule is N#Cc1ccc(Br)cc1N1CC(O)CC1=O. The highest BCUT2D eigenvalue weighted by atomic mass is 79.9. The molecular weight excluding hydrogens is 272 g/mol. The summed E-state index contributed by atoms with van der Waals surface area (Å²) >= 11 is 3.30. The summed E-state index contributed by atoms with van der Waals surface area (Å²) in [6, 6.07) is 7.15. The normalized spacial score (nSPS) is 19.9. The molecule has 1 unspecified atom stereocenters. The Balaban J connectivity index is 2.44. The summed E-state index contributed by atoms with van der Waals surface area (Å²) in [5, 5.41) is 18.4. The van der Waals surface area contributed by atoms with E-state index in [0.717, 1.165) is 4.47 Å². The van der Waals surface area contributed by atoms with Crippen molar-refractivity contribution in [3.63, 3.8) is 0 Å². The van der Waals surface area contributed by atoms with Crippen LogP contribution in [0.2, 0.25) is 0 Å². The van der Waals surface area contributed by atoms with E-state index in [2.05, 4.69) is 15.9 Å². The number of aliphatic hydroxyl groups excluding tert-OH is 1. The molecule has 1 aliphatic heterocycles. The number of β-amino-alcohol motifs (C(OH)–C–C–N with tert-alkyl or cyclic N) is 1. The van der Waals surface area contributed by atoms with Gasteiger partial charge in [0, 0.05) is 4.47 Å². The molecule has 82 valence electrons. The van der Waals surface area contributed by atoms with Gasteiger partial charge < -0.3 is 10.0 Å². The Hall–Kier alpha value is -1.38. The number of carbonyl (C=O) groups excluding carboxylic acids is 1. The number of benzene rings is 1. The van der Waals surface area contributed by atoms with Gasteiger partial charge in [-0.3, -0.25) is 4.79 Å². The van der Waals surface area contributed by atoms with Crippen LogP contribution in [0.1, 0.15) is 12.0 Å². The second-order valence-corrected chi connectivity index (χ2v) is 4.55. The van der Waals surface area contributed by atoms with Crippen LogP contribution in [0.3, 0.4) is 0 Å². The highest BCUT2D eigenvalue weighted by Crippen LogP contribution is 2.28. The van der Waals surface area contributed by atoms with Crippen molar-refractivity contribution >= 4 is 27.5 Å². The van der Waals surface area contributed by atoms with E-state index in [0.29, 0.717) is 11.3 Å². The lowest BCUT2D eigenvalue weighted by molar-refractivity contribution is -0.117. The first-order valence-electron chi connectivity index (χ1n) is 4.80. The molecule has 0 radical (unpaired) electrons. The zero-order valence-corrected chi connectivity index (χ0v) is 9.94. The number of nitriles is 1. The summed E-state index contributed by atoms with van der Waals surface area (Å²) in [5.41, 5.74) is 0.990. The van der Waals surface area contributed by atoms with Crippen molar-refractivity contribution in [1.29, 1.82) is 5.26 Å². The average molecular weight is 281 g/mol. The molecule has 2 rings (SSSR count). The Morgan fingerprint density at radius 1 is 1.56 bits per heavy atom. The molecular formula is C11H9BrN2O2. The van der Waals surface area contributed by atoms with Crippen molar-refractivity contribution in [2.45, 2.75) is 12.5 Å². The molecule has 4 nitrogen and oxygen atoms in total. The molecule has 0 spiro atoms. The van der Waals surface area contributed by atoms with Crippen LogP contribution in [0.4, 0.5) is 5.69 Å². The zero-order valence-electron chi connectivity index (χ0n) is 8.35. The van der Waals surface area contributed by atoms with E-state index >= 15 is 0 Å². The monoisotopic (exact) mass is 280 g/mol. The molecule has 0 saturated carbocycles. The average Bonchev–Trinajstić information content (AvgIpc) is 2.57. The molecule has 1 aromatic rings. The number of rotatable bonds is 1. The van der Waals surface area contributed by atoms with E-state index in [1.807, 2.05) is 6.07 Å². The summed E-state index contributed by atoms with van der Waals surface area (Å²) in [7, 11) is 0. The van der Waals surface area contributed by atoms with Crippen molar-refractivity contribution in [1.82, 2.24) is 0 Å². The van der Waals surface area contributed by atoms with Crippen molar-refractivity contribution in [2.24, 2.45) is 0 Å². The van der Waals surface area contributed by atoms with Gasteiger partial charge in [0.15, 0.2) is 0 Å². The second-order valence-electron chi connectivity index (χ2n) is 3.64. The Labute approximate surface area is 101 Å². The number of nitrogens with zero attached hydrogens (tertiary/aromatic N) is 2. The molecule has 1 atom stereocenters. The fourth-order valence-corrected chi connectivity index (χ4v) is 2.09. The third-order valence-corrected chi connectivity index (χ3v) is 2.97. The maximum atomic E-state index is 11.6. The third kappa shape index (κ3) is 1.94. The molecule has 16 heavy (non-hydrogen) atoms. The molecule has 0 bridgehead atoms. The van der Waals surface area contributed by atoms with E-state index in [1.165, 1.54) is 4.90 Å². The van der Waals surface area contributed by atoms with Crippen LogP contribution >= 0.6 is 15.9 Å². The highest BCUT2D eigenvalue weighted by molar-refractivity contribution is 9.10. The van der Waals surface area contributed by atoms with Gasteiger partial charge in [0.25, 0.3) is 0 Å². The molecule has 0 aromatic heterocycles. The smallest absolute Gasteiger partial charge is 0.229 e. The van der Waals surface area contributed by atoms with Gasteiger partial charge in [-0.1, -0.05) is 15.9 Å². The number of anilines is 1. The van der Waals surface area contributed by atoms with Crippen molar-refractivity contribution in [2.75, 3.05) is 11.4 Å². The summed E-state index contributed by atoms with van der Waals surface area (Å²) in [5.74, 6) is -0.151. The third-order valence-electron chi connectivity index (χ3n) is 2.48. The van der Waals surface area contributed by atoms with Gasteiger partial charge in [0.05, 0.1) is 30.3 Å². The predicted octanol–water partition coefficient (Wildman–Crippen LogP) is 1.42. The summed E-state index contributed by atoms with van der Waals surface area (Å²) in [6.45, 7) is 0.254. The quantitative estimate of drug-likeness (QED) is 0.846. The van der Waals surface area contributed by atoms with Crippen LogP contribution < -0.4 is 4.90 Å². The van der Waals surface area contributed by atoms with Gasteiger partial charge in [-0.2, -0.15) is 5.26 Å². The van der Waals surface area contributed by atoms with Gasteiger partial charge in [0.1, 0.15) is 6.07 Å². The summed E-state index contributed by atoms with van der Waals surface area (Å²) in [4.78, 5) is 13.1. The number of carbonyl (C=O) groups is 1. The minimum absolute atomic E-state index is 0.122. The lowest BCUT2D eigenvalue weighted by Gasteiger charge is -2.17. The first-order chi connectivity index (χ1) is 7.61. The number of amides is 1. The lowest BCUT2D eigenvalue weighted by atomic mass is 10.2. The van der Waals surface area contributed by atoms with E-state index in [-0.39, 0.29) is 18.9 Å². The summed E-state index contributed by atoms with van der Waals surface area (Å²) in [6.07, 6.45) is -0.518. The minimum Gasteiger partial charge on any atom is -0.391 e. The molecule has 5 heteroatoms. The maximum absolute atomic E-state index is 11.6.